The molecule has 2 aromatic rings. The number of hydrogen-bond acceptors (Lipinski definition) is 5. The van der Waals surface area contributed by atoms with Crippen LogP contribution >= 0.6 is 15.9 Å². The van der Waals surface area contributed by atoms with Crippen LogP contribution < -0.4 is 5.73 Å². The van der Waals surface area contributed by atoms with Gasteiger partial charge >= 0.3 is 0 Å². The average molecular weight is 380 g/mol. The standard InChI is InChI=1S/C15H18BrN5O2/c16-10-4-18-21(6-10)7-11-3-14(19-23-11)15(22)20-5-9-1-2-13(17)12(9)8-20/h3-4,6,9,12-13H,1-2,5,7-8,17H2. The molecule has 0 spiro atoms. The predicted molar refractivity (Wildman–Crippen MR) is 85.6 cm³/mol. The normalized spacial score (nSPS) is 26.7. The first-order chi connectivity index (χ1) is 11.1. The number of nitrogens with two attached hydrogens (primary N) is 1. The first-order valence-electron chi connectivity index (χ1n) is 7.78. The predicted octanol–water partition coefficient (Wildman–Crippen LogP) is 1.49. The molecule has 0 radical (unpaired) electrons. The maximum atomic E-state index is 12.6. The molecule has 3 unspecified atom stereocenters. The van der Waals surface area contributed by atoms with Crippen LogP contribution in [0.25, 0.3) is 0 Å². The van der Waals surface area contributed by atoms with E-state index < -0.39 is 0 Å². The number of likely N-dealkylation sites (tertiary alicyclic amines) is 1. The van der Waals surface area contributed by atoms with Crippen LogP contribution in [0.2, 0.25) is 0 Å². The lowest BCUT2D eigenvalue weighted by Gasteiger charge is -2.17. The molecule has 122 valence electrons. The van der Waals surface area contributed by atoms with Gasteiger partial charge in [0.15, 0.2) is 11.5 Å². The molecule has 1 aliphatic heterocycles. The van der Waals surface area contributed by atoms with Crippen LogP contribution in [0, 0.1) is 11.8 Å². The van der Waals surface area contributed by atoms with Crippen molar-refractivity contribution in [2.75, 3.05) is 13.1 Å². The molecule has 7 nitrogen and oxygen atoms in total. The summed E-state index contributed by atoms with van der Waals surface area (Å²) >= 11 is 3.35. The van der Waals surface area contributed by atoms with E-state index in [1.165, 1.54) is 0 Å². The highest BCUT2D eigenvalue weighted by Crippen LogP contribution is 2.37. The van der Waals surface area contributed by atoms with E-state index >= 15 is 0 Å². The molecule has 2 fully saturated rings. The Kier molecular flexibility index (Phi) is 3.73. The summed E-state index contributed by atoms with van der Waals surface area (Å²) < 4.78 is 7.89. The number of fused-ring (bicyclic) bond motifs is 1. The molecule has 1 saturated heterocycles. The number of aromatic nitrogens is 3. The average Bonchev–Trinajstić information content (AvgIpc) is 3.27. The van der Waals surface area contributed by atoms with E-state index in [0.29, 0.717) is 29.8 Å². The number of nitrogens with zero attached hydrogens (tertiary/aromatic N) is 4. The van der Waals surface area contributed by atoms with Gasteiger partial charge in [-0.25, -0.2) is 0 Å². The van der Waals surface area contributed by atoms with Crippen LogP contribution in [-0.4, -0.2) is 44.9 Å². The number of carbonyl (C=O) groups is 1. The third kappa shape index (κ3) is 2.81. The van der Waals surface area contributed by atoms with Crippen molar-refractivity contribution in [3.05, 3.63) is 34.4 Å². The fraction of sp³-hybridized carbons (Fsp3) is 0.533. The van der Waals surface area contributed by atoms with Crippen molar-refractivity contribution in [3.63, 3.8) is 0 Å². The highest BCUT2D eigenvalue weighted by molar-refractivity contribution is 9.10. The van der Waals surface area contributed by atoms with Gasteiger partial charge in [-0.3, -0.25) is 9.48 Å². The van der Waals surface area contributed by atoms with Crippen molar-refractivity contribution in [1.82, 2.24) is 19.8 Å². The summed E-state index contributed by atoms with van der Waals surface area (Å²) in [6.07, 6.45) is 5.74. The lowest BCUT2D eigenvalue weighted by Crippen LogP contribution is -2.33. The van der Waals surface area contributed by atoms with Crippen molar-refractivity contribution < 1.29 is 9.32 Å². The first-order valence-corrected chi connectivity index (χ1v) is 8.58. The van der Waals surface area contributed by atoms with Crippen molar-refractivity contribution >= 4 is 21.8 Å². The smallest absolute Gasteiger partial charge is 0.276 e. The number of hydrogen-bond donors (Lipinski definition) is 1. The van der Waals surface area contributed by atoms with Gasteiger partial charge in [0, 0.05) is 31.4 Å². The monoisotopic (exact) mass is 379 g/mol. The molecule has 1 amide bonds. The van der Waals surface area contributed by atoms with Crippen LogP contribution in [0.1, 0.15) is 29.1 Å². The van der Waals surface area contributed by atoms with E-state index in [0.717, 1.165) is 30.4 Å². The Morgan fingerprint density at radius 1 is 1.43 bits per heavy atom. The lowest BCUT2D eigenvalue weighted by atomic mass is 9.98. The number of amides is 1. The topological polar surface area (TPSA) is 90.2 Å². The minimum Gasteiger partial charge on any atom is -0.359 e. The van der Waals surface area contributed by atoms with Gasteiger partial charge in [0.25, 0.3) is 5.91 Å². The fourth-order valence-electron chi connectivity index (χ4n) is 3.71. The maximum absolute atomic E-state index is 12.6. The molecule has 2 aliphatic rings. The zero-order chi connectivity index (χ0) is 16.0. The van der Waals surface area contributed by atoms with E-state index in [1.807, 2.05) is 11.1 Å². The molecule has 2 aromatic heterocycles. The Morgan fingerprint density at radius 3 is 3.04 bits per heavy atom. The van der Waals surface area contributed by atoms with Gasteiger partial charge in [0.1, 0.15) is 6.54 Å². The molecular formula is C15H18BrN5O2. The van der Waals surface area contributed by atoms with Gasteiger partial charge in [-0.05, 0) is 40.6 Å². The van der Waals surface area contributed by atoms with Crippen LogP contribution in [0.15, 0.2) is 27.5 Å². The Morgan fingerprint density at radius 2 is 2.30 bits per heavy atom. The second-order valence-corrected chi connectivity index (χ2v) is 7.33. The van der Waals surface area contributed by atoms with Crippen LogP contribution in [-0.2, 0) is 6.54 Å². The van der Waals surface area contributed by atoms with Gasteiger partial charge in [-0.2, -0.15) is 5.10 Å². The summed E-state index contributed by atoms with van der Waals surface area (Å²) in [6.45, 7) is 1.96. The van der Waals surface area contributed by atoms with Gasteiger partial charge in [0.05, 0.1) is 10.7 Å². The van der Waals surface area contributed by atoms with Crippen molar-refractivity contribution in [1.29, 1.82) is 0 Å². The lowest BCUT2D eigenvalue weighted by molar-refractivity contribution is 0.0769. The van der Waals surface area contributed by atoms with Crippen molar-refractivity contribution in [2.24, 2.45) is 17.6 Å². The van der Waals surface area contributed by atoms with Gasteiger partial charge in [0.2, 0.25) is 0 Å². The molecule has 0 aromatic carbocycles. The van der Waals surface area contributed by atoms with E-state index in [-0.39, 0.29) is 11.9 Å². The summed E-state index contributed by atoms with van der Waals surface area (Å²) in [5.74, 6) is 1.52. The van der Waals surface area contributed by atoms with Crippen molar-refractivity contribution in [2.45, 2.75) is 25.4 Å². The highest BCUT2D eigenvalue weighted by atomic mass is 79.9. The van der Waals surface area contributed by atoms with Crippen LogP contribution in [0.5, 0.6) is 0 Å². The van der Waals surface area contributed by atoms with Crippen molar-refractivity contribution in [3.8, 4) is 0 Å². The zero-order valence-electron chi connectivity index (χ0n) is 12.6. The molecule has 1 aliphatic carbocycles. The van der Waals surface area contributed by atoms with E-state index in [9.17, 15) is 4.79 Å². The Balaban J connectivity index is 1.43. The quantitative estimate of drug-likeness (QED) is 0.872. The largest absolute Gasteiger partial charge is 0.359 e. The molecule has 0 bridgehead atoms. The molecule has 1 saturated carbocycles. The highest BCUT2D eigenvalue weighted by Gasteiger charge is 2.43. The van der Waals surface area contributed by atoms with E-state index in [4.69, 9.17) is 10.3 Å². The molecular weight excluding hydrogens is 362 g/mol. The Bertz CT molecular complexity index is 727. The minimum atomic E-state index is -0.0664. The van der Waals surface area contributed by atoms with E-state index in [2.05, 4.69) is 26.2 Å². The molecule has 3 atom stereocenters. The zero-order valence-corrected chi connectivity index (χ0v) is 14.1. The van der Waals surface area contributed by atoms with Gasteiger partial charge in [-0.15, -0.1) is 0 Å². The maximum Gasteiger partial charge on any atom is 0.276 e. The van der Waals surface area contributed by atoms with Crippen LogP contribution in [0.3, 0.4) is 0 Å². The molecule has 4 rings (SSSR count). The van der Waals surface area contributed by atoms with Gasteiger partial charge < -0.3 is 15.2 Å². The molecule has 23 heavy (non-hydrogen) atoms. The molecule has 3 heterocycles. The Labute approximate surface area is 141 Å². The second-order valence-electron chi connectivity index (χ2n) is 6.41. The molecule has 2 N–H and O–H groups in total. The third-order valence-corrected chi connectivity index (χ3v) is 5.31. The SMILES string of the molecule is NC1CCC2CN(C(=O)c3cc(Cn4cc(Br)cn4)on3)CC12. The van der Waals surface area contributed by atoms with Gasteiger partial charge in [-0.1, -0.05) is 5.16 Å². The second kappa shape index (κ2) is 5.76. The summed E-state index contributed by atoms with van der Waals surface area (Å²) in [5.41, 5.74) is 6.49. The summed E-state index contributed by atoms with van der Waals surface area (Å²) in [6, 6.07) is 1.93. The number of carbonyl (C=O) groups excluding carboxylic acids is 1. The third-order valence-electron chi connectivity index (χ3n) is 4.90. The Hall–Kier alpha value is -1.67. The summed E-state index contributed by atoms with van der Waals surface area (Å²) in [5, 5.41) is 8.09. The van der Waals surface area contributed by atoms with E-state index in [1.54, 1.807) is 16.9 Å². The fourth-order valence-corrected chi connectivity index (χ4v) is 4.04. The number of rotatable bonds is 3. The minimum absolute atomic E-state index is 0.0664. The molecule has 8 heteroatoms. The number of halogens is 1. The first kappa shape index (κ1) is 14.9. The summed E-state index contributed by atoms with van der Waals surface area (Å²) in [4.78, 5) is 14.4. The summed E-state index contributed by atoms with van der Waals surface area (Å²) in [7, 11) is 0. The van der Waals surface area contributed by atoms with Crippen LogP contribution in [0.4, 0.5) is 0 Å².